The lowest BCUT2D eigenvalue weighted by atomic mass is 10.1. The smallest absolute Gasteiger partial charge is 0.335 e. The summed E-state index contributed by atoms with van der Waals surface area (Å²) in [5.74, 6) is -2.55. The summed E-state index contributed by atoms with van der Waals surface area (Å²) in [7, 11) is 0. The predicted octanol–water partition coefficient (Wildman–Crippen LogP) is 3.97. The zero-order valence-electron chi connectivity index (χ0n) is 11.6. The van der Waals surface area contributed by atoms with Gasteiger partial charge in [-0.1, -0.05) is 34.8 Å². The van der Waals surface area contributed by atoms with Crippen molar-refractivity contribution in [3.8, 4) is 0 Å². The first-order valence-corrected chi connectivity index (χ1v) is 7.60. The van der Waals surface area contributed by atoms with Crippen LogP contribution in [0.3, 0.4) is 0 Å². The van der Waals surface area contributed by atoms with Crippen molar-refractivity contribution in [1.82, 2.24) is 5.01 Å². The average molecular weight is 386 g/mol. The summed E-state index contributed by atoms with van der Waals surface area (Å²) in [4.78, 5) is 35.8. The molecule has 2 N–H and O–H groups in total. The molecule has 122 valence electrons. The number of fused-ring (bicyclic) bond motifs is 1. The van der Waals surface area contributed by atoms with Crippen LogP contribution in [0, 0.1) is 0 Å². The highest BCUT2D eigenvalue weighted by Crippen LogP contribution is 2.35. The molecule has 2 amide bonds. The summed E-state index contributed by atoms with van der Waals surface area (Å²) in [5, 5.41) is 10.3. The topological polar surface area (TPSA) is 86.7 Å². The van der Waals surface area contributed by atoms with Gasteiger partial charge in [-0.2, -0.15) is 5.01 Å². The zero-order chi connectivity index (χ0) is 17.6. The van der Waals surface area contributed by atoms with Gasteiger partial charge in [0.2, 0.25) is 0 Å². The number of hydrogen-bond acceptors (Lipinski definition) is 4. The number of nitrogens with one attached hydrogen (secondary N) is 1. The number of carbonyl (C=O) groups excluding carboxylic acids is 2. The SMILES string of the molecule is O=C(O)c1ccc2c(c1)C(=O)N(Nc1c(Cl)cc(Cl)cc1Cl)C2=O. The van der Waals surface area contributed by atoms with Crippen LogP contribution in [-0.2, 0) is 0 Å². The molecule has 0 fully saturated rings. The number of carboxylic acids is 1. The predicted molar refractivity (Wildman–Crippen MR) is 89.0 cm³/mol. The number of aromatic carboxylic acids is 1. The maximum Gasteiger partial charge on any atom is 0.335 e. The fourth-order valence-corrected chi connectivity index (χ4v) is 3.14. The summed E-state index contributed by atoms with van der Waals surface area (Å²) in [6.45, 7) is 0. The van der Waals surface area contributed by atoms with Gasteiger partial charge in [-0.25, -0.2) is 4.79 Å². The van der Waals surface area contributed by atoms with Crippen LogP contribution in [0.15, 0.2) is 30.3 Å². The van der Waals surface area contributed by atoms with Crippen LogP contribution in [-0.4, -0.2) is 27.9 Å². The second-order valence-corrected chi connectivity index (χ2v) is 6.12. The number of benzene rings is 2. The Morgan fingerprint density at radius 2 is 1.54 bits per heavy atom. The number of imide groups is 1. The number of nitrogens with zero attached hydrogens (tertiary/aromatic N) is 1. The number of hydrogen-bond donors (Lipinski definition) is 2. The van der Waals surface area contributed by atoms with Crippen LogP contribution in [0.1, 0.15) is 31.1 Å². The van der Waals surface area contributed by atoms with Gasteiger partial charge in [-0.05, 0) is 30.3 Å². The molecule has 2 aromatic carbocycles. The Labute approximate surface area is 150 Å². The van der Waals surface area contributed by atoms with Crippen LogP contribution >= 0.6 is 34.8 Å². The average Bonchev–Trinajstić information content (AvgIpc) is 2.74. The van der Waals surface area contributed by atoms with Crippen molar-refractivity contribution in [3.05, 3.63) is 62.1 Å². The molecule has 3 rings (SSSR count). The number of amides is 2. The van der Waals surface area contributed by atoms with Gasteiger partial charge < -0.3 is 5.11 Å². The molecular weight excluding hydrogens is 379 g/mol. The first-order chi connectivity index (χ1) is 11.3. The van der Waals surface area contributed by atoms with Crippen LogP contribution in [0.2, 0.25) is 15.1 Å². The van der Waals surface area contributed by atoms with Crippen molar-refractivity contribution >= 4 is 58.3 Å². The van der Waals surface area contributed by atoms with E-state index in [-0.39, 0.29) is 32.4 Å². The largest absolute Gasteiger partial charge is 0.478 e. The highest BCUT2D eigenvalue weighted by molar-refractivity contribution is 6.42. The Morgan fingerprint density at radius 1 is 0.958 bits per heavy atom. The fourth-order valence-electron chi connectivity index (χ4n) is 2.24. The monoisotopic (exact) mass is 384 g/mol. The Hall–Kier alpha value is -2.28. The van der Waals surface area contributed by atoms with E-state index in [0.717, 1.165) is 11.1 Å². The van der Waals surface area contributed by atoms with Gasteiger partial charge in [0.05, 0.1) is 32.4 Å². The quantitative estimate of drug-likeness (QED) is 0.781. The van der Waals surface area contributed by atoms with Crippen molar-refractivity contribution in [3.63, 3.8) is 0 Å². The molecule has 0 unspecified atom stereocenters. The van der Waals surface area contributed by atoms with E-state index in [2.05, 4.69) is 5.43 Å². The molecule has 1 aliphatic heterocycles. The Bertz CT molecular complexity index is 891. The van der Waals surface area contributed by atoms with Gasteiger partial charge in [-0.3, -0.25) is 15.0 Å². The number of carboxylic acid groups (broad SMARTS) is 1. The number of halogens is 3. The maximum absolute atomic E-state index is 12.4. The summed E-state index contributed by atoms with van der Waals surface area (Å²) in [6.07, 6.45) is 0. The minimum Gasteiger partial charge on any atom is -0.478 e. The lowest BCUT2D eigenvalue weighted by molar-refractivity contribution is 0.0684. The Morgan fingerprint density at radius 3 is 2.12 bits per heavy atom. The van der Waals surface area contributed by atoms with Gasteiger partial charge in [0.15, 0.2) is 0 Å². The van der Waals surface area contributed by atoms with Crippen LogP contribution in [0.25, 0.3) is 0 Å². The van der Waals surface area contributed by atoms with E-state index < -0.39 is 17.8 Å². The van der Waals surface area contributed by atoms with E-state index in [1.54, 1.807) is 0 Å². The summed E-state index contributed by atoms with van der Waals surface area (Å²) < 4.78 is 0. The number of hydrazine groups is 1. The number of rotatable bonds is 3. The summed E-state index contributed by atoms with van der Waals surface area (Å²) >= 11 is 17.9. The van der Waals surface area contributed by atoms with Crippen molar-refractivity contribution < 1.29 is 19.5 Å². The van der Waals surface area contributed by atoms with Crippen molar-refractivity contribution in [1.29, 1.82) is 0 Å². The van der Waals surface area contributed by atoms with E-state index in [1.165, 1.54) is 24.3 Å². The van der Waals surface area contributed by atoms with Crippen LogP contribution in [0.5, 0.6) is 0 Å². The molecule has 0 aliphatic carbocycles. The van der Waals surface area contributed by atoms with Gasteiger partial charge >= 0.3 is 5.97 Å². The van der Waals surface area contributed by atoms with Gasteiger partial charge in [0, 0.05) is 5.02 Å². The summed E-state index contributed by atoms with van der Waals surface area (Å²) in [5.41, 5.74) is 2.66. The number of anilines is 1. The molecule has 6 nitrogen and oxygen atoms in total. The molecule has 2 aromatic rings. The van der Waals surface area contributed by atoms with E-state index in [4.69, 9.17) is 39.9 Å². The molecular formula is C15H7Cl3N2O4. The molecule has 0 aromatic heterocycles. The lowest BCUT2D eigenvalue weighted by Crippen LogP contribution is -2.35. The minimum atomic E-state index is -1.20. The Balaban J connectivity index is 1.99. The third-order valence-electron chi connectivity index (χ3n) is 3.36. The molecule has 0 radical (unpaired) electrons. The molecule has 9 heteroatoms. The van der Waals surface area contributed by atoms with E-state index in [0.29, 0.717) is 5.02 Å². The molecule has 0 spiro atoms. The minimum absolute atomic E-state index is 0.0198. The molecule has 0 atom stereocenters. The third kappa shape index (κ3) is 2.69. The normalized spacial score (nSPS) is 13.2. The summed E-state index contributed by atoms with van der Waals surface area (Å²) in [6, 6.07) is 6.48. The van der Waals surface area contributed by atoms with Gasteiger partial charge in [0.1, 0.15) is 0 Å². The maximum atomic E-state index is 12.4. The molecule has 24 heavy (non-hydrogen) atoms. The standard InChI is InChI=1S/C15H7Cl3N2O4/c16-7-4-10(17)12(11(18)5-7)19-20-13(21)8-2-1-6(15(23)24)3-9(8)14(20)22/h1-5,19H,(H,23,24). The van der Waals surface area contributed by atoms with Gasteiger partial charge in [0.25, 0.3) is 11.8 Å². The lowest BCUT2D eigenvalue weighted by Gasteiger charge is -2.18. The fraction of sp³-hybridized carbons (Fsp3) is 0. The third-order valence-corrected chi connectivity index (χ3v) is 4.18. The highest BCUT2D eigenvalue weighted by Gasteiger charge is 2.37. The second kappa shape index (κ2) is 5.98. The zero-order valence-corrected chi connectivity index (χ0v) is 13.9. The first-order valence-electron chi connectivity index (χ1n) is 6.47. The van der Waals surface area contributed by atoms with Gasteiger partial charge in [-0.15, -0.1) is 0 Å². The molecule has 1 heterocycles. The van der Waals surface area contributed by atoms with Crippen LogP contribution in [0.4, 0.5) is 5.69 Å². The Kier molecular flexibility index (Phi) is 4.13. The first kappa shape index (κ1) is 16.6. The van der Waals surface area contributed by atoms with Crippen LogP contribution < -0.4 is 5.43 Å². The van der Waals surface area contributed by atoms with E-state index in [1.807, 2.05) is 0 Å². The van der Waals surface area contributed by atoms with Crippen molar-refractivity contribution in [2.24, 2.45) is 0 Å². The molecule has 0 bridgehead atoms. The molecule has 0 saturated heterocycles. The number of carbonyl (C=O) groups is 3. The molecule has 0 saturated carbocycles. The molecule has 1 aliphatic rings. The van der Waals surface area contributed by atoms with Crippen molar-refractivity contribution in [2.45, 2.75) is 0 Å². The van der Waals surface area contributed by atoms with E-state index >= 15 is 0 Å². The van der Waals surface area contributed by atoms with E-state index in [9.17, 15) is 14.4 Å². The van der Waals surface area contributed by atoms with Crippen molar-refractivity contribution in [2.75, 3.05) is 5.43 Å². The second-order valence-electron chi connectivity index (χ2n) is 4.87. The highest BCUT2D eigenvalue weighted by atomic mass is 35.5.